The van der Waals surface area contributed by atoms with E-state index in [0.29, 0.717) is 17.5 Å². The van der Waals surface area contributed by atoms with Gasteiger partial charge in [0.2, 0.25) is 5.91 Å². The average molecular weight is 626 g/mol. The van der Waals surface area contributed by atoms with E-state index >= 15 is 0 Å². The zero-order valence-electron chi connectivity index (χ0n) is 25.3. The maximum Gasteiger partial charge on any atom is 0.351 e. The van der Waals surface area contributed by atoms with Crippen LogP contribution < -0.4 is 20.7 Å². The molecule has 1 aliphatic carbocycles. The van der Waals surface area contributed by atoms with Crippen LogP contribution in [0.2, 0.25) is 5.02 Å². The van der Waals surface area contributed by atoms with E-state index in [4.69, 9.17) is 21.1 Å². The third-order valence-corrected chi connectivity index (χ3v) is 9.03. The van der Waals surface area contributed by atoms with E-state index in [1.807, 2.05) is 54.6 Å². The number of anilines is 1. The van der Waals surface area contributed by atoms with E-state index in [-0.39, 0.29) is 38.9 Å². The van der Waals surface area contributed by atoms with E-state index < -0.39 is 18.5 Å². The van der Waals surface area contributed by atoms with Crippen molar-refractivity contribution >= 4 is 46.4 Å². The number of amides is 2. The Morgan fingerprint density at radius 2 is 1.65 bits per heavy atom. The number of thiophene rings is 1. The summed E-state index contributed by atoms with van der Waals surface area (Å²) in [7, 11) is 1.28. The summed E-state index contributed by atoms with van der Waals surface area (Å²) in [5.41, 5.74) is 3.22. The van der Waals surface area contributed by atoms with Crippen LogP contribution in [0.4, 0.5) is 5.69 Å². The molecule has 8 nitrogen and oxygen atoms in total. The molecule has 1 fully saturated rings. The lowest BCUT2D eigenvalue weighted by Crippen LogP contribution is -2.40. The highest BCUT2D eigenvalue weighted by Gasteiger charge is 2.38. The van der Waals surface area contributed by atoms with E-state index in [1.165, 1.54) is 13.5 Å². The fraction of sp³-hybridized carbons (Fsp3) is 0.424. The molecular weight excluding hydrogens is 586 g/mol. The Balaban J connectivity index is 1.42. The standard InChI is InChI=1S/C33H40ClN3O5S/c1-32(2)15-24(16-33(3,4)20-32)37-23-13-9-12-22(14-23)29-27(34)28(30(43-29)31(40)41-5)42-19-26(39)36-18-25(38)35-17-21-10-7-6-8-11-21/h6-14,24,37H,15-20H2,1-5H3,(H,35,38)(H,36,39). The highest BCUT2D eigenvalue weighted by molar-refractivity contribution is 7.18. The van der Waals surface area contributed by atoms with Gasteiger partial charge in [-0.3, -0.25) is 9.59 Å². The molecule has 230 valence electrons. The molecule has 2 amide bonds. The molecule has 1 aliphatic rings. The molecule has 3 N–H and O–H groups in total. The average Bonchev–Trinajstić information content (AvgIpc) is 3.28. The number of halogens is 1. The molecule has 1 heterocycles. The van der Waals surface area contributed by atoms with Crippen LogP contribution in [0.5, 0.6) is 5.75 Å². The van der Waals surface area contributed by atoms with Crippen molar-refractivity contribution in [3.05, 3.63) is 70.1 Å². The van der Waals surface area contributed by atoms with E-state index in [2.05, 4.69) is 43.6 Å². The summed E-state index contributed by atoms with van der Waals surface area (Å²) in [5.74, 6) is -1.41. The molecule has 1 saturated carbocycles. The van der Waals surface area contributed by atoms with Crippen molar-refractivity contribution in [1.29, 1.82) is 0 Å². The third-order valence-electron chi connectivity index (χ3n) is 7.36. The fourth-order valence-electron chi connectivity index (χ4n) is 6.10. The van der Waals surface area contributed by atoms with Crippen molar-refractivity contribution in [3.8, 4) is 16.2 Å². The summed E-state index contributed by atoms with van der Waals surface area (Å²) >= 11 is 7.90. The van der Waals surface area contributed by atoms with Crippen molar-refractivity contribution in [3.63, 3.8) is 0 Å². The quantitative estimate of drug-likeness (QED) is 0.205. The van der Waals surface area contributed by atoms with Gasteiger partial charge in [0.05, 0.1) is 18.5 Å². The minimum atomic E-state index is -0.616. The second-order valence-corrected chi connectivity index (χ2v) is 14.0. The van der Waals surface area contributed by atoms with Gasteiger partial charge in [0.25, 0.3) is 5.91 Å². The van der Waals surface area contributed by atoms with Crippen LogP contribution in [0.1, 0.15) is 62.2 Å². The Morgan fingerprint density at radius 3 is 2.33 bits per heavy atom. The molecule has 0 aliphatic heterocycles. The molecular formula is C33H40ClN3O5S. The van der Waals surface area contributed by atoms with Crippen LogP contribution in [0.15, 0.2) is 54.6 Å². The van der Waals surface area contributed by atoms with Crippen LogP contribution in [-0.2, 0) is 20.9 Å². The van der Waals surface area contributed by atoms with Gasteiger partial charge in [0, 0.05) is 18.3 Å². The lowest BCUT2D eigenvalue weighted by atomic mass is 9.63. The summed E-state index contributed by atoms with van der Waals surface area (Å²) in [4.78, 5) is 38.0. The number of ether oxygens (including phenoxy) is 2. The minimum Gasteiger partial charge on any atom is -0.480 e. The Kier molecular flexibility index (Phi) is 10.4. The van der Waals surface area contributed by atoms with Crippen molar-refractivity contribution in [1.82, 2.24) is 10.6 Å². The van der Waals surface area contributed by atoms with Gasteiger partial charge < -0.3 is 25.4 Å². The Morgan fingerprint density at radius 1 is 0.953 bits per heavy atom. The Bertz CT molecular complexity index is 1440. The summed E-state index contributed by atoms with van der Waals surface area (Å²) in [6.45, 7) is 9.00. The van der Waals surface area contributed by atoms with Gasteiger partial charge in [0.15, 0.2) is 17.2 Å². The van der Waals surface area contributed by atoms with Crippen molar-refractivity contribution in [2.45, 2.75) is 59.5 Å². The minimum absolute atomic E-state index is 0.0753. The molecule has 1 aromatic heterocycles. The largest absolute Gasteiger partial charge is 0.480 e. The van der Waals surface area contributed by atoms with Crippen molar-refractivity contribution in [2.75, 3.05) is 25.6 Å². The highest BCUT2D eigenvalue weighted by Crippen LogP contribution is 2.48. The van der Waals surface area contributed by atoms with Crippen LogP contribution in [0.3, 0.4) is 0 Å². The molecule has 0 atom stereocenters. The van der Waals surface area contributed by atoms with E-state index in [0.717, 1.165) is 41.0 Å². The van der Waals surface area contributed by atoms with Gasteiger partial charge in [0.1, 0.15) is 5.02 Å². The first-order chi connectivity index (χ1) is 20.4. The Labute approximate surface area is 262 Å². The lowest BCUT2D eigenvalue weighted by molar-refractivity contribution is -0.127. The molecule has 43 heavy (non-hydrogen) atoms. The number of benzene rings is 2. The normalized spacial score (nSPS) is 15.8. The predicted octanol–water partition coefficient (Wildman–Crippen LogP) is 6.68. The summed E-state index contributed by atoms with van der Waals surface area (Å²) < 4.78 is 10.7. The molecule has 3 aromatic rings. The first kappa shape index (κ1) is 32.4. The van der Waals surface area contributed by atoms with Crippen LogP contribution >= 0.6 is 22.9 Å². The number of rotatable bonds is 11. The van der Waals surface area contributed by atoms with Gasteiger partial charge >= 0.3 is 5.97 Å². The first-order valence-electron chi connectivity index (χ1n) is 14.3. The predicted molar refractivity (Wildman–Crippen MR) is 172 cm³/mol. The van der Waals surface area contributed by atoms with Gasteiger partial charge in [-0.05, 0) is 53.4 Å². The molecule has 0 spiro atoms. The van der Waals surface area contributed by atoms with E-state index in [1.54, 1.807) is 0 Å². The topological polar surface area (TPSA) is 106 Å². The van der Waals surface area contributed by atoms with Gasteiger partial charge in [-0.25, -0.2) is 4.79 Å². The van der Waals surface area contributed by atoms with Gasteiger partial charge in [-0.1, -0.05) is 81.8 Å². The van der Waals surface area contributed by atoms with E-state index in [9.17, 15) is 14.4 Å². The number of carbonyl (C=O) groups excluding carboxylic acids is 3. The zero-order chi connectivity index (χ0) is 31.2. The summed E-state index contributed by atoms with van der Waals surface area (Å²) in [6.07, 6.45) is 3.32. The van der Waals surface area contributed by atoms with Crippen LogP contribution in [0.25, 0.3) is 10.4 Å². The summed E-state index contributed by atoms with van der Waals surface area (Å²) in [5, 5.41) is 9.21. The number of carbonyl (C=O) groups is 3. The SMILES string of the molecule is COC(=O)c1sc(-c2cccc(NC3CC(C)(C)CC(C)(C)C3)c2)c(Cl)c1OCC(=O)NCC(=O)NCc1ccccc1. The molecule has 0 saturated heterocycles. The van der Waals surface area contributed by atoms with Crippen molar-refractivity contribution < 1.29 is 23.9 Å². The molecule has 4 rings (SSSR count). The number of hydrogen-bond acceptors (Lipinski definition) is 7. The van der Waals surface area contributed by atoms with Gasteiger partial charge in [-0.2, -0.15) is 0 Å². The summed E-state index contributed by atoms with van der Waals surface area (Å²) in [6, 6.07) is 17.7. The van der Waals surface area contributed by atoms with Crippen LogP contribution in [-0.4, -0.2) is 44.1 Å². The monoisotopic (exact) mass is 625 g/mol. The number of hydrogen-bond donors (Lipinski definition) is 3. The molecule has 0 radical (unpaired) electrons. The number of methoxy groups -OCH3 is 1. The number of nitrogens with one attached hydrogen (secondary N) is 3. The molecule has 0 unspecified atom stereocenters. The third kappa shape index (κ3) is 8.97. The molecule has 2 aromatic carbocycles. The maximum absolute atomic E-state index is 12.6. The molecule has 10 heteroatoms. The Hall–Kier alpha value is -3.56. The zero-order valence-corrected chi connectivity index (χ0v) is 26.9. The second-order valence-electron chi connectivity index (χ2n) is 12.6. The van der Waals surface area contributed by atoms with Crippen molar-refractivity contribution in [2.24, 2.45) is 10.8 Å². The van der Waals surface area contributed by atoms with Crippen LogP contribution in [0, 0.1) is 10.8 Å². The maximum atomic E-state index is 12.6. The smallest absolute Gasteiger partial charge is 0.351 e. The fourth-order valence-corrected chi connectivity index (χ4v) is 7.58. The molecule has 0 bridgehead atoms. The van der Waals surface area contributed by atoms with Gasteiger partial charge in [-0.15, -0.1) is 11.3 Å². The first-order valence-corrected chi connectivity index (χ1v) is 15.5. The number of esters is 1. The second kappa shape index (κ2) is 13.8. The lowest BCUT2D eigenvalue weighted by Gasteiger charge is -2.45. The highest BCUT2D eigenvalue weighted by atomic mass is 35.5.